The number of ketones is 1. The van der Waals surface area contributed by atoms with Gasteiger partial charge in [0.2, 0.25) is 5.78 Å². The Morgan fingerprint density at radius 1 is 1.07 bits per heavy atom. The first-order valence-electron chi connectivity index (χ1n) is 8.70. The summed E-state index contributed by atoms with van der Waals surface area (Å²) < 4.78 is 6.83. The Balaban J connectivity index is 1.71. The van der Waals surface area contributed by atoms with Crippen molar-refractivity contribution in [2.24, 2.45) is 0 Å². The van der Waals surface area contributed by atoms with Crippen LogP contribution in [0.5, 0.6) is 0 Å². The molecule has 0 atom stereocenters. The summed E-state index contributed by atoms with van der Waals surface area (Å²) in [6, 6.07) is 3.90. The monoisotopic (exact) mass is 366 g/mol. The van der Waals surface area contributed by atoms with Crippen molar-refractivity contribution in [1.82, 2.24) is 19.6 Å². The maximum absolute atomic E-state index is 12.5. The molecule has 27 heavy (non-hydrogen) atoms. The summed E-state index contributed by atoms with van der Waals surface area (Å²) in [5.41, 5.74) is 5.70. The quantitative estimate of drug-likeness (QED) is 0.510. The van der Waals surface area contributed by atoms with E-state index in [1.54, 1.807) is 4.52 Å². The van der Waals surface area contributed by atoms with Crippen LogP contribution in [0.15, 0.2) is 18.5 Å². The van der Waals surface area contributed by atoms with Crippen molar-refractivity contribution < 1.29 is 14.3 Å². The maximum atomic E-state index is 12.5. The fraction of sp³-hybridized carbons (Fsp3) is 0.350. The summed E-state index contributed by atoms with van der Waals surface area (Å²) in [6.07, 6.45) is 1.45. The van der Waals surface area contributed by atoms with Gasteiger partial charge in [0, 0.05) is 22.5 Å². The van der Waals surface area contributed by atoms with E-state index in [1.807, 2.05) is 46.8 Å². The molecule has 0 spiro atoms. The first-order chi connectivity index (χ1) is 12.8. The van der Waals surface area contributed by atoms with Crippen LogP contribution in [0.1, 0.15) is 44.0 Å². The van der Waals surface area contributed by atoms with Gasteiger partial charge in [-0.05, 0) is 45.7 Å². The molecule has 7 heteroatoms. The van der Waals surface area contributed by atoms with Gasteiger partial charge in [0.15, 0.2) is 6.61 Å². The number of nitrogens with zero attached hydrogens (tertiary/aromatic N) is 4. The molecule has 3 aromatic rings. The first kappa shape index (κ1) is 18.7. The van der Waals surface area contributed by atoms with Crippen LogP contribution in [-0.2, 0) is 16.0 Å². The van der Waals surface area contributed by atoms with Crippen molar-refractivity contribution in [1.29, 1.82) is 0 Å². The zero-order chi connectivity index (χ0) is 19.7. The van der Waals surface area contributed by atoms with Gasteiger partial charge in [-0.15, -0.1) is 0 Å². The van der Waals surface area contributed by atoms with Crippen molar-refractivity contribution in [2.45, 2.75) is 41.0 Å². The van der Waals surface area contributed by atoms with E-state index < -0.39 is 5.97 Å². The van der Waals surface area contributed by atoms with Crippen LogP contribution < -0.4 is 0 Å². The van der Waals surface area contributed by atoms with Crippen LogP contribution in [0, 0.1) is 34.6 Å². The molecule has 3 rings (SSSR count). The van der Waals surface area contributed by atoms with Crippen LogP contribution in [0.3, 0.4) is 0 Å². The SMILES string of the molecule is Cc1cc(C)c(C(=O)COC(=O)Cc2c(C)nc3ncnn3c2C)c(C)c1. The Morgan fingerprint density at radius 2 is 1.74 bits per heavy atom. The fourth-order valence-corrected chi connectivity index (χ4v) is 3.44. The van der Waals surface area contributed by atoms with Gasteiger partial charge in [0.25, 0.3) is 5.78 Å². The molecular formula is C20H22N4O3. The molecule has 0 aliphatic heterocycles. The molecule has 0 aliphatic carbocycles. The van der Waals surface area contributed by atoms with Crippen molar-refractivity contribution in [3.05, 3.63) is 57.7 Å². The Labute approximate surface area is 157 Å². The van der Waals surface area contributed by atoms with Gasteiger partial charge < -0.3 is 4.74 Å². The molecule has 0 saturated heterocycles. The third-order valence-corrected chi connectivity index (χ3v) is 4.63. The van der Waals surface area contributed by atoms with Crippen LogP contribution >= 0.6 is 0 Å². The zero-order valence-electron chi connectivity index (χ0n) is 16.2. The van der Waals surface area contributed by atoms with E-state index in [4.69, 9.17) is 4.74 Å². The lowest BCUT2D eigenvalue weighted by atomic mass is 9.97. The molecule has 0 bridgehead atoms. The number of esters is 1. The Bertz CT molecular complexity index is 1030. The predicted octanol–water partition coefficient (Wildman–Crippen LogP) is 2.64. The minimum Gasteiger partial charge on any atom is -0.457 e. The van der Waals surface area contributed by atoms with Gasteiger partial charge in [-0.1, -0.05) is 17.7 Å². The number of Topliss-reactive ketones (excluding diaryl/α,β-unsaturated/α-hetero) is 1. The number of ether oxygens (including phenoxy) is 1. The first-order valence-corrected chi connectivity index (χ1v) is 8.70. The van der Waals surface area contributed by atoms with Gasteiger partial charge >= 0.3 is 5.97 Å². The molecule has 2 aromatic heterocycles. The number of carbonyl (C=O) groups is 2. The molecule has 7 nitrogen and oxygen atoms in total. The lowest BCUT2D eigenvalue weighted by Gasteiger charge is -2.12. The second-order valence-corrected chi connectivity index (χ2v) is 6.77. The Morgan fingerprint density at radius 3 is 2.41 bits per heavy atom. The number of aromatic nitrogens is 4. The second kappa shape index (κ2) is 7.26. The lowest BCUT2D eigenvalue weighted by Crippen LogP contribution is -2.19. The smallest absolute Gasteiger partial charge is 0.310 e. The number of hydrogen-bond acceptors (Lipinski definition) is 6. The van der Waals surface area contributed by atoms with E-state index in [9.17, 15) is 9.59 Å². The van der Waals surface area contributed by atoms with Crippen molar-refractivity contribution in [3.8, 4) is 0 Å². The van der Waals surface area contributed by atoms with E-state index in [-0.39, 0.29) is 18.8 Å². The third kappa shape index (κ3) is 3.72. The molecule has 0 radical (unpaired) electrons. The summed E-state index contributed by atoms with van der Waals surface area (Å²) in [7, 11) is 0. The fourth-order valence-electron chi connectivity index (χ4n) is 3.44. The highest BCUT2D eigenvalue weighted by molar-refractivity contribution is 6.00. The van der Waals surface area contributed by atoms with Crippen LogP contribution in [-0.4, -0.2) is 37.9 Å². The molecular weight excluding hydrogens is 344 g/mol. The Kier molecular flexibility index (Phi) is 5.03. The standard InChI is InChI=1S/C20H22N4O3/c1-11-6-12(2)19(13(3)7-11)17(25)9-27-18(26)8-16-14(4)23-20-21-10-22-24(20)15(16)5/h6-7,10H,8-9H2,1-5H3. The molecule has 0 N–H and O–H groups in total. The van der Waals surface area contributed by atoms with Gasteiger partial charge in [-0.3, -0.25) is 9.59 Å². The minimum absolute atomic E-state index is 0.0274. The largest absolute Gasteiger partial charge is 0.457 e. The lowest BCUT2D eigenvalue weighted by molar-refractivity contribution is -0.141. The molecule has 0 unspecified atom stereocenters. The second-order valence-electron chi connectivity index (χ2n) is 6.77. The average Bonchev–Trinajstić information content (AvgIpc) is 3.04. The molecule has 2 heterocycles. The van der Waals surface area contributed by atoms with Crippen LogP contribution in [0.4, 0.5) is 0 Å². The van der Waals surface area contributed by atoms with E-state index in [0.29, 0.717) is 17.0 Å². The minimum atomic E-state index is -0.474. The van der Waals surface area contributed by atoms with E-state index in [1.165, 1.54) is 6.33 Å². The van der Waals surface area contributed by atoms with Gasteiger partial charge in [0.05, 0.1) is 6.42 Å². The van der Waals surface area contributed by atoms with Crippen molar-refractivity contribution in [3.63, 3.8) is 0 Å². The van der Waals surface area contributed by atoms with Crippen LogP contribution in [0.2, 0.25) is 0 Å². The molecule has 0 amide bonds. The molecule has 0 saturated carbocycles. The van der Waals surface area contributed by atoms with Crippen LogP contribution in [0.25, 0.3) is 5.78 Å². The average molecular weight is 366 g/mol. The summed E-state index contributed by atoms with van der Waals surface area (Å²) in [6.45, 7) is 9.15. The third-order valence-electron chi connectivity index (χ3n) is 4.63. The number of benzene rings is 1. The summed E-state index contributed by atoms with van der Waals surface area (Å²) in [5, 5.41) is 4.10. The van der Waals surface area contributed by atoms with E-state index >= 15 is 0 Å². The number of hydrogen-bond donors (Lipinski definition) is 0. The number of fused-ring (bicyclic) bond motifs is 1. The van der Waals surface area contributed by atoms with Gasteiger partial charge in [-0.25, -0.2) is 9.50 Å². The number of rotatable bonds is 5. The highest BCUT2D eigenvalue weighted by atomic mass is 16.5. The predicted molar refractivity (Wildman–Crippen MR) is 99.9 cm³/mol. The van der Waals surface area contributed by atoms with Gasteiger partial charge in [-0.2, -0.15) is 10.1 Å². The molecule has 0 aliphatic rings. The molecule has 140 valence electrons. The normalized spacial score (nSPS) is 11.0. The van der Waals surface area contributed by atoms with E-state index in [0.717, 1.165) is 27.9 Å². The molecule has 0 fully saturated rings. The highest BCUT2D eigenvalue weighted by Gasteiger charge is 2.18. The Hall–Kier alpha value is -3.09. The number of aryl methyl sites for hydroxylation is 5. The number of carbonyl (C=O) groups excluding carboxylic acids is 2. The maximum Gasteiger partial charge on any atom is 0.310 e. The van der Waals surface area contributed by atoms with Gasteiger partial charge in [0.1, 0.15) is 6.33 Å². The molecule has 1 aromatic carbocycles. The zero-order valence-corrected chi connectivity index (χ0v) is 16.2. The van der Waals surface area contributed by atoms with E-state index in [2.05, 4.69) is 15.1 Å². The summed E-state index contributed by atoms with van der Waals surface area (Å²) in [4.78, 5) is 33.2. The van der Waals surface area contributed by atoms with Crippen molar-refractivity contribution in [2.75, 3.05) is 6.61 Å². The summed E-state index contributed by atoms with van der Waals surface area (Å²) in [5.74, 6) is -0.183. The van der Waals surface area contributed by atoms with Crippen molar-refractivity contribution >= 4 is 17.5 Å². The highest BCUT2D eigenvalue weighted by Crippen LogP contribution is 2.18. The topological polar surface area (TPSA) is 86.5 Å². The summed E-state index contributed by atoms with van der Waals surface area (Å²) >= 11 is 0.